The molecule has 1 N–H and O–H groups in total. The third-order valence-electron chi connectivity index (χ3n) is 3.46. The summed E-state index contributed by atoms with van der Waals surface area (Å²) in [7, 11) is 0. The van der Waals surface area contributed by atoms with E-state index >= 15 is 0 Å². The lowest BCUT2D eigenvalue weighted by atomic mass is 10.1. The molecule has 0 aliphatic carbocycles. The van der Waals surface area contributed by atoms with Gasteiger partial charge in [0, 0.05) is 31.3 Å². The smallest absolute Gasteiger partial charge is 0.293 e. The van der Waals surface area contributed by atoms with Gasteiger partial charge in [-0.1, -0.05) is 6.92 Å². The van der Waals surface area contributed by atoms with Crippen molar-refractivity contribution in [2.24, 2.45) is 0 Å². The van der Waals surface area contributed by atoms with Crippen LogP contribution in [-0.4, -0.2) is 30.6 Å². The van der Waals surface area contributed by atoms with Crippen molar-refractivity contribution in [2.75, 3.05) is 24.5 Å². The molecule has 1 unspecified atom stereocenters. The van der Waals surface area contributed by atoms with Gasteiger partial charge in [0.2, 0.25) is 0 Å². The molecule has 0 radical (unpaired) electrons. The number of benzene rings is 1. The molecule has 20 heavy (non-hydrogen) atoms. The molecule has 7 heteroatoms. The quantitative estimate of drug-likeness (QED) is 0.658. The number of nitro groups is 1. The van der Waals surface area contributed by atoms with Crippen molar-refractivity contribution < 1.29 is 9.31 Å². The summed E-state index contributed by atoms with van der Waals surface area (Å²) in [6.07, 6.45) is 1.76. The van der Waals surface area contributed by atoms with Crippen LogP contribution in [0.15, 0.2) is 16.6 Å². The molecule has 1 atom stereocenters. The summed E-state index contributed by atoms with van der Waals surface area (Å²) in [6, 6.07) is 2.68. The van der Waals surface area contributed by atoms with Gasteiger partial charge in [-0.05, 0) is 35.3 Å². The first-order chi connectivity index (χ1) is 9.54. The standard InChI is InChI=1S/C13H17BrFN3O2/c1-2-5-17(9-3-4-16-8-9)12-7-11(15)10(14)6-13(12)18(19)20/h6-7,9,16H,2-5,8H2,1H3. The monoisotopic (exact) mass is 345 g/mol. The highest BCUT2D eigenvalue weighted by molar-refractivity contribution is 9.10. The van der Waals surface area contributed by atoms with Gasteiger partial charge in [0.15, 0.2) is 0 Å². The number of nitrogens with zero attached hydrogens (tertiary/aromatic N) is 2. The molecule has 0 bridgehead atoms. The Labute approximate surface area is 125 Å². The highest BCUT2D eigenvalue weighted by Crippen LogP contribution is 2.35. The number of hydrogen-bond acceptors (Lipinski definition) is 4. The molecule has 2 rings (SSSR count). The van der Waals surface area contributed by atoms with E-state index in [1.165, 1.54) is 12.1 Å². The second kappa shape index (κ2) is 6.49. The second-order valence-electron chi connectivity index (χ2n) is 4.85. The predicted molar refractivity (Wildman–Crippen MR) is 79.7 cm³/mol. The molecule has 5 nitrogen and oxygen atoms in total. The molecule has 1 heterocycles. The van der Waals surface area contributed by atoms with Crippen LogP contribution in [0.3, 0.4) is 0 Å². The van der Waals surface area contributed by atoms with Crippen LogP contribution in [0.5, 0.6) is 0 Å². The molecule has 1 aromatic carbocycles. The third-order valence-corrected chi connectivity index (χ3v) is 4.07. The van der Waals surface area contributed by atoms with Crippen LogP contribution < -0.4 is 10.2 Å². The zero-order chi connectivity index (χ0) is 14.7. The van der Waals surface area contributed by atoms with Gasteiger partial charge in [0.1, 0.15) is 11.5 Å². The minimum atomic E-state index is -0.474. The van der Waals surface area contributed by atoms with E-state index in [2.05, 4.69) is 21.2 Å². The van der Waals surface area contributed by atoms with Gasteiger partial charge in [0.25, 0.3) is 5.69 Å². The topological polar surface area (TPSA) is 58.4 Å². The highest BCUT2D eigenvalue weighted by Gasteiger charge is 2.28. The van der Waals surface area contributed by atoms with Crippen molar-refractivity contribution in [1.29, 1.82) is 0 Å². The lowest BCUT2D eigenvalue weighted by molar-refractivity contribution is -0.384. The zero-order valence-electron chi connectivity index (χ0n) is 11.2. The average Bonchev–Trinajstić information content (AvgIpc) is 2.92. The fourth-order valence-corrected chi connectivity index (χ4v) is 2.88. The van der Waals surface area contributed by atoms with Gasteiger partial charge in [-0.25, -0.2) is 4.39 Å². The van der Waals surface area contributed by atoms with Crippen molar-refractivity contribution in [1.82, 2.24) is 5.32 Å². The first-order valence-corrected chi connectivity index (χ1v) is 7.44. The van der Waals surface area contributed by atoms with Gasteiger partial charge >= 0.3 is 0 Å². The lowest BCUT2D eigenvalue weighted by Gasteiger charge is -2.30. The van der Waals surface area contributed by atoms with Gasteiger partial charge in [-0.2, -0.15) is 0 Å². The number of halogens is 2. The molecule has 1 saturated heterocycles. The Bertz CT molecular complexity index is 507. The van der Waals surface area contributed by atoms with Gasteiger partial charge in [0.05, 0.1) is 9.40 Å². The molecule has 1 aliphatic rings. The number of nitro benzene ring substituents is 1. The predicted octanol–water partition coefficient (Wildman–Crippen LogP) is 3.07. The SMILES string of the molecule is CCCN(c1cc(F)c(Br)cc1[N+](=O)[O-])C1CCNC1. The van der Waals surface area contributed by atoms with Crippen molar-refractivity contribution in [2.45, 2.75) is 25.8 Å². The van der Waals surface area contributed by atoms with Crippen LogP contribution in [0.25, 0.3) is 0 Å². The van der Waals surface area contributed by atoms with Gasteiger partial charge in [-0.15, -0.1) is 0 Å². The summed E-state index contributed by atoms with van der Waals surface area (Å²) >= 11 is 3.01. The van der Waals surface area contributed by atoms with Crippen LogP contribution in [0.4, 0.5) is 15.8 Å². The summed E-state index contributed by atoms with van der Waals surface area (Å²) < 4.78 is 13.9. The number of nitrogens with one attached hydrogen (secondary N) is 1. The molecule has 1 aliphatic heterocycles. The Kier molecular flexibility index (Phi) is 4.93. The van der Waals surface area contributed by atoms with E-state index in [1.807, 2.05) is 11.8 Å². The van der Waals surface area contributed by atoms with Crippen molar-refractivity contribution in [3.63, 3.8) is 0 Å². The molecular weight excluding hydrogens is 329 g/mol. The molecular formula is C13H17BrFN3O2. The van der Waals surface area contributed by atoms with E-state index < -0.39 is 10.7 Å². The third kappa shape index (κ3) is 3.09. The van der Waals surface area contributed by atoms with Crippen molar-refractivity contribution >= 4 is 27.3 Å². The Morgan fingerprint density at radius 1 is 1.60 bits per heavy atom. The van der Waals surface area contributed by atoms with Crippen LogP contribution in [0.2, 0.25) is 0 Å². The summed E-state index contributed by atoms with van der Waals surface area (Å²) in [5.74, 6) is -0.474. The Morgan fingerprint density at radius 2 is 2.35 bits per heavy atom. The molecule has 110 valence electrons. The molecule has 1 fully saturated rings. The number of anilines is 1. The lowest BCUT2D eigenvalue weighted by Crippen LogP contribution is -2.38. The molecule has 0 spiro atoms. The normalized spacial score (nSPS) is 18.2. The maximum absolute atomic E-state index is 13.8. The van der Waals surface area contributed by atoms with Crippen LogP contribution >= 0.6 is 15.9 Å². The zero-order valence-corrected chi connectivity index (χ0v) is 12.8. The highest BCUT2D eigenvalue weighted by atomic mass is 79.9. The fraction of sp³-hybridized carbons (Fsp3) is 0.538. The van der Waals surface area contributed by atoms with E-state index in [-0.39, 0.29) is 16.2 Å². The summed E-state index contributed by atoms with van der Waals surface area (Å²) in [4.78, 5) is 12.7. The summed E-state index contributed by atoms with van der Waals surface area (Å²) in [5.41, 5.74) is 0.310. The Balaban J connectivity index is 2.45. The fourth-order valence-electron chi connectivity index (χ4n) is 2.55. The first kappa shape index (κ1) is 15.2. The van der Waals surface area contributed by atoms with E-state index in [1.54, 1.807) is 0 Å². The van der Waals surface area contributed by atoms with E-state index in [0.29, 0.717) is 12.2 Å². The van der Waals surface area contributed by atoms with E-state index in [4.69, 9.17) is 0 Å². The first-order valence-electron chi connectivity index (χ1n) is 6.65. The maximum atomic E-state index is 13.8. The summed E-state index contributed by atoms with van der Waals surface area (Å²) in [5, 5.41) is 14.5. The van der Waals surface area contributed by atoms with Gasteiger partial charge in [-0.3, -0.25) is 10.1 Å². The van der Waals surface area contributed by atoms with Crippen LogP contribution in [0.1, 0.15) is 19.8 Å². The average molecular weight is 346 g/mol. The Hall–Kier alpha value is -1.21. The molecule has 0 aromatic heterocycles. The number of hydrogen-bond donors (Lipinski definition) is 1. The van der Waals surface area contributed by atoms with Crippen molar-refractivity contribution in [3.05, 3.63) is 32.5 Å². The number of rotatable bonds is 5. The van der Waals surface area contributed by atoms with E-state index in [9.17, 15) is 14.5 Å². The van der Waals surface area contributed by atoms with Crippen LogP contribution in [-0.2, 0) is 0 Å². The minimum Gasteiger partial charge on any atom is -0.362 e. The molecule has 1 aromatic rings. The minimum absolute atomic E-state index is 0.0568. The molecule has 0 amide bonds. The van der Waals surface area contributed by atoms with Gasteiger partial charge < -0.3 is 10.2 Å². The molecule has 0 saturated carbocycles. The van der Waals surface area contributed by atoms with Crippen LogP contribution in [0, 0.1) is 15.9 Å². The Morgan fingerprint density at radius 3 is 2.90 bits per heavy atom. The second-order valence-corrected chi connectivity index (χ2v) is 5.71. The maximum Gasteiger partial charge on any atom is 0.293 e. The summed E-state index contributed by atoms with van der Waals surface area (Å²) in [6.45, 7) is 4.34. The van der Waals surface area contributed by atoms with E-state index in [0.717, 1.165) is 25.9 Å². The largest absolute Gasteiger partial charge is 0.362 e. The van der Waals surface area contributed by atoms with Crippen molar-refractivity contribution in [3.8, 4) is 0 Å².